The van der Waals surface area contributed by atoms with Gasteiger partial charge < -0.3 is 14.4 Å². The number of rotatable bonds is 8. The number of piperidine rings is 1. The van der Waals surface area contributed by atoms with Gasteiger partial charge in [0.2, 0.25) is 5.91 Å². The van der Waals surface area contributed by atoms with Crippen LogP contribution in [0.25, 0.3) is 11.3 Å². The molecular weight excluding hydrogens is 623 g/mol. The zero-order valence-corrected chi connectivity index (χ0v) is 29.2. The molecule has 2 aliphatic heterocycles. The van der Waals surface area contributed by atoms with Gasteiger partial charge in [-0.3, -0.25) is 14.2 Å². The van der Waals surface area contributed by atoms with Gasteiger partial charge in [-0.15, -0.1) is 0 Å². The Morgan fingerprint density at radius 2 is 1.72 bits per heavy atom. The van der Waals surface area contributed by atoms with Gasteiger partial charge in [-0.2, -0.15) is 27.6 Å². The smallest absolute Gasteiger partial charge is 0.332 e. The van der Waals surface area contributed by atoms with Crippen molar-refractivity contribution in [2.45, 2.75) is 90.5 Å². The lowest BCUT2D eigenvalue weighted by Crippen LogP contribution is -2.58. The van der Waals surface area contributed by atoms with E-state index in [0.717, 1.165) is 49.9 Å². The Bertz CT molecular complexity index is 1690. The Labute approximate surface area is 280 Å². The number of ether oxygens (including phenoxy) is 2. The lowest BCUT2D eigenvalue weighted by atomic mass is 9.98. The molecule has 1 amide bonds. The SMILES string of the molecule is COc1ccc(F)cc1CCn1c(C)c(/C(C)=C(\C)n2nccn2)c(=O)n(C(C)(C)C(=O)N2CCCCC2)c1=O.SC1CCOCC1. The van der Waals surface area contributed by atoms with Crippen LogP contribution in [0.4, 0.5) is 4.39 Å². The van der Waals surface area contributed by atoms with Crippen LogP contribution in [-0.2, 0) is 28.0 Å². The summed E-state index contributed by atoms with van der Waals surface area (Å²) in [5.74, 6) is -0.190. The number of hydrogen-bond acceptors (Lipinski definition) is 8. The third-order valence-corrected chi connectivity index (χ3v) is 9.52. The van der Waals surface area contributed by atoms with Crippen molar-refractivity contribution in [3.63, 3.8) is 0 Å². The van der Waals surface area contributed by atoms with Crippen molar-refractivity contribution in [3.05, 3.63) is 74.1 Å². The van der Waals surface area contributed by atoms with Crippen molar-refractivity contribution in [1.29, 1.82) is 0 Å². The molecule has 13 heteroatoms. The molecule has 2 fully saturated rings. The van der Waals surface area contributed by atoms with Crippen molar-refractivity contribution in [2.24, 2.45) is 0 Å². The van der Waals surface area contributed by atoms with Crippen molar-refractivity contribution in [2.75, 3.05) is 33.4 Å². The second-order valence-electron chi connectivity index (χ2n) is 12.5. The fourth-order valence-corrected chi connectivity index (χ4v) is 6.31. The van der Waals surface area contributed by atoms with Gasteiger partial charge in [-0.1, -0.05) is 0 Å². The van der Waals surface area contributed by atoms with E-state index in [0.29, 0.717) is 52.2 Å². The van der Waals surface area contributed by atoms with Gasteiger partial charge in [-0.05, 0) is 102 Å². The summed E-state index contributed by atoms with van der Waals surface area (Å²) in [4.78, 5) is 45.1. The van der Waals surface area contributed by atoms with Gasteiger partial charge in [0.1, 0.15) is 17.1 Å². The lowest BCUT2D eigenvalue weighted by molar-refractivity contribution is -0.140. The highest BCUT2D eigenvalue weighted by Gasteiger charge is 2.38. The van der Waals surface area contributed by atoms with Crippen LogP contribution in [0.3, 0.4) is 0 Å². The Morgan fingerprint density at radius 3 is 2.30 bits per heavy atom. The number of hydrogen-bond donors (Lipinski definition) is 1. The summed E-state index contributed by atoms with van der Waals surface area (Å²) in [5, 5.41) is 8.98. The van der Waals surface area contributed by atoms with Crippen molar-refractivity contribution < 1.29 is 18.7 Å². The molecule has 0 unspecified atom stereocenters. The molecule has 0 spiro atoms. The lowest BCUT2D eigenvalue weighted by Gasteiger charge is -2.35. The first-order chi connectivity index (χ1) is 22.4. The maximum Gasteiger partial charge on any atom is 0.332 e. The molecule has 0 N–H and O–H groups in total. The van der Waals surface area contributed by atoms with Crippen LogP contribution in [0.15, 0.2) is 40.2 Å². The second-order valence-corrected chi connectivity index (χ2v) is 13.3. The molecule has 2 aliphatic rings. The third kappa shape index (κ3) is 8.24. The zero-order chi connectivity index (χ0) is 34.3. The molecule has 11 nitrogen and oxygen atoms in total. The first kappa shape index (κ1) is 36.1. The first-order valence-electron chi connectivity index (χ1n) is 16.2. The number of aryl methyl sites for hydroxylation is 1. The summed E-state index contributed by atoms with van der Waals surface area (Å²) in [6.45, 7) is 11.6. The number of halogens is 1. The van der Waals surface area contributed by atoms with E-state index < -0.39 is 22.6 Å². The number of nitrogens with zero attached hydrogens (tertiary/aromatic N) is 6. The minimum Gasteiger partial charge on any atom is -0.496 e. The van der Waals surface area contributed by atoms with Gasteiger partial charge in [0.05, 0.1) is 30.8 Å². The average molecular weight is 671 g/mol. The standard InChI is InChI=1S/C29H37FN6O4.C5H10OS/c1-19(20(2)36-31-13-14-32-36)25-21(3)34(17-12-22-18-23(30)10-11-24(22)40-6)28(39)35(26(25)37)29(4,5)27(38)33-15-8-7-9-16-33;7-5-1-3-6-4-2-5/h10-11,13-14,18H,7-9,12,15-17H2,1-6H3;5,7H,1-4H2/b20-19+;. The summed E-state index contributed by atoms with van der Waals surface area (Å²) in [7, 11) is 1.50. The molecule has 0 bridgehead atoms. The second kappa shape index (κ2) is 15.9. The molecule has 256 valence electrons. The van der Waals surface area contributed by atoms with Gasteiger partial charge in [0, 0.05) is 43.8 Å². The summed E-state index contributed by atoms with van der Waals surface area (Å²) in [6.07, 6.45) is 8.40. The Hall–Kier alpha value is -3.71. The van der Waals surface area contributed by atoms with Crippen molar-refractivity contribution >= 4 is 29.8 Å². The monoisotopic (exact) mass is 670 g/mol. The van der Waals surface area contributed by atoms with E-state index in [2.05, 4.69) is 22.8 Å². The van der Waals surface area contributed by atoms with Gasteiger partial charge in [0.15, 0.2) is 0 Å². The Balaban J connectivity index is 0.000000632. The van der Waals surface area contributed by atoms with E-state index >= 15 is 0 Å². The van der Waals surface area contributed by atoms with E-state index in [4.69, 9.17) is 9.47 Å². The molecule has 0 aliphatic carbocycles. The zero-order valence-electron chi connectivity index (χ0n) is 28.3. The summed E-state index contributed by atoms with van der Waals surface area (Å²) in [6, 6.07) is 4.23. The highest BCUT2D eigenvalue weighted by Crippen LogP contribution is 2.25. The molecule has 2 saturated heterocycles. The number of aromatic nitrogens is 5. The van der Waals surface area contributed by atoms with Crippen LogP contribution in [0.1, 0.15) is 76.6 Å². The fraction of sp³-hybridized carbons (Fsp3) is 0.559. The highest BCUT2D eigenvalue weighted by molar-refractivity contribution is 7.80. The largest absolute Gasteiger partial charge is 0.496 e. The molecule has 5 rings (SSSR count). The van der Waals surface area contributed by atoms with Crippen molar-refractivity contribution in [3.8, 4) is 5.75 Å². The van der Waals surface area contributed by atoms with Crippen LogP contribution in [0.5, 0.6) is 5.75 Å². The Kier molecular flexibility index (Phi) is 12.2. The van der Waals surface area contributed by atoms with Crippen LogP contribution in [0, 0.1) is 12.7 Å². The minimum atomic E-state index is -1.44. The number of amides is 1. The van der Waals surface area contributed by atoms with E-state index in [9.17, 15) is 18.8 Å². The average Bonchev–Trinajstić information content (AvgIpc) is 3.60. The maximum atomic E-state index is 14.2. The Morgan fingerprint density at radius 1 is 1.09 bits per heavy atom. The predicted octanol–water partition coefficient (Wildman–Crippen LogP) is 4.55. The number of likely N-dealkylation sites (tertiary alicyclic amines) is 1. The highest BCUT2D eigenvalue weighted by atomic mass is 32.1. The van der Waals surface area contributed by atoms with Crippen LogP contribution < -0.4 is 16.0 Å². The van der Waals surface area contributed by atoms with Gasteiger partial charge in [-0.25, -0.2) is 13.8 Å². The van der Waals surface area contributed by atoms with Crippen molar-refractivity contribution in [1.82, 2.24) is 29.0 Å². The number of carbonyl (C=O) groups is 1. The molecular formula is C34H47FN6O5S. The topological polar surface area (TPSA) is 113 Å². The molecule has 1 aromatic carbocycles. The summed E-state index contributed by atoms with van der Waals surface area (Å²) >= 11 is 4.28. The number of carbonyl (C=O) groups excluding carboxylic acids is 1. The maximum absolute atomic E-state index is 14.2. The summed E-state index contributed by atoms with van der Waals surface area (Å²) < 4.78 is 27.1. The molecule has 3 aromatic rings. The molecule has 4 heterocycles. The van der Waals surface area contributed by atoms with Gasteiger partial charge in [0.25, 0.3) is 5.56 Å². The van der Waals surface area contributed by atoms with Crippen LogP contribution in [0.2, 0.25) is 0 Å². The molecule has 0 atom stereocenters. The fourth-order valence-electron chi connectivity index (χ4n) is 6.10. The van der Waals surface area contributed by atoms with E-state index in [-0.39, 0.29) is 18.9 Å². The molecule has 2 aromatic heterocycles. The van der Waals surface area contributed by atoms with Crippen LogP contribution >= 0.6 is 12.6 Å². The minimum absolute atomic E-state index is 0.137. The molecule has 0 saturated carbocycles. The normalized spacial score (nSPS) is 16.3. The first-order valence-corrected chi connectivity index (χ1v) is 16.7. The number of methoxy groups -OCH3 is 1. The van der Waals surface area contributed by atoms with E-state index in [1.807, 2.05) is 0 Å². The number of thiol groups is 1. The number of benzene rings is 1. The quantitative estimate of drug-likeness (QED) is 0.350. The third-order valence-electron chi connectivity index (χ3n) is 9.01. The summed E-state index contributed by atoms with van der Waals surface area (Å²) in [5.41, 5.74) is -0.0987. The molecule has 0 radical (unpaired) electrons. The van der Waals surface area contributed by atoms with E-state index in [1.165, 1.54) is 41.0 Å². The van der Waals surface area contributed by atoms with Gasteiger partial charge >= 0.3 is 5.69 Å². The van der Waals surface area contributed by atoms with Crippen LogP contribution in [-0.4, -0.2) is 73.6 Å². The molecule has 47 heavy (non-hydrogen) atoms. The number of allylic oxidation sites excluding steroid dienone is 2. The van der Waals surface area contributed by atoms with E-state index in [1.54, 1.807) is 45.6 Å². The predicted molar refractivity (Wildman–Crippen MR) is 183 cm³/mol.